The lowest BCUT2D eigenvalue weighted by molar-refractivity contribution is 0.0982. The number of nitriles is 1. The third-order valence-corrected chi connectivity index (χ3v) is 3.70. The number of hydrogen-bond acceptors (Lipinski definition) is 6. The van der Waals surface area contributed by atoms with Crippen molar-refractivity contribution in [3.05, 3.63) is 39.6 Å². The molecule has 0 atom stereocenters. The van der Waals surface area contributed by atoms with Crippen molar-refractivity contribution in [2.24, 2.45) is 0 Å². The van der Waals surface area contributed by atoms with E-state index in [1.54, 1.807) is 12.1 Å². The number of rotatable bonds is 5. The summed E-state index contributed by atoms with van der Waals surface area (Å²) in [5, 5.41) is 18.8. The van der Waals surface area contributed by atoms with E-state index in [1.165, 1.54) is 11.3 Å². The molecule has 5 nitrogen and oxygen atoms in total. The number of ketones is 1. The first kappa shape index (κ1) is 14.3. The van der Waals surface area contributed by atoms with Crippen LogP contribution in [-0.2, 0) is 6.42 Å². The van der Waals surface area contributed by atoms with Gasteiger partial charge in [0.1, 0.15) is 6.07 Å². The summed E-state index contributed by atoms with van der Waals surface area (Å²) < 4.78 is 0. The van der Waals surface area contributed by atoms with Gasteiger partial charge in [-0.1, -0.05) is 13.8 Å². The molecule has 2 aromatic heterocycles. The minimum absolute atomic E-state index is 0.0214. The maximum Gasteiger partial charge on any atom is 0.191 e. The smallest absolute Gasteiger partial charge is 0.191 e. The molecule has 0 aromatic carbocycles. The minimum atomic E-state index is 0.0214. The average molecular weight is 286 g/mol. The third-order valence-electron chi connectivity index (χ3n) is 2.79. The number of aromatic nitrogens is 3. The van der Waals surface area contributed by atoms with Crippen LogP contribution in [0.3, 0.4) is 0 Å². The van der Waals surface area contributed by atoms with E-state index in [-0.39, 0.29) is 11.5 Å². The van der Waals surface area contributed by atoms with Crippen LogP contribution in [0.5, 0.6) is 0 Å². The molecule has 102 valence electrons. The lowest BCUT2D eigenvalue weighted by Gasteiger charge is -1.99. The summed E-state index contributed by atoms with van der Waals surface area (Å²) in [6.45, 7) is 4.10. The summed E-state index contributed by atoms with van der Waals surface area (Å²) in [6.07, 6.45) is 0.861. The lowest BCUT2D eigenvalue weighted by atomic mass is 10.1. The predicted molar refractivity (Wildman–Crippen MR) is 75.6 cm³/mol. The Morgan fingerprint density at radius 3 is 2.75 bits per heavy atom. The molecule has 0 unspecified atom stereocenters. The zero-order chi connectivity index (χ0) is 14.5. The molecule has 0 N–H and O–H groups in total. The van der Waals surface area contributed by atoms with Gasteiger partial charge < -0.3 is 0 Å². The van der Waals surface area contributed by atoms with E-state index in [0.29, 0.717) is 29.5 Å². The third kappa shape index (κ3) is 3.45. The first-order valence-corrected chi connectivity index (χ1v) is 7.19. The Morgan fingerprint density at radius 2 is 2.20 bits per heavy atom. The fourth-order valence-electron chi connectivity index (χ4n) is 1.58. The first-order chi connectivity index (χ1) is 9.60. The lowest BCUT2D eigenvalue weighted by Crippen LogP contribution is -2.03. The van der Waals surface area contributed by atoms with Gasteiger partial charge in [0.05, 0.1) is 11.4 Å². The largest absolute Gasteiger partial charge is 0.292 e. The quantitative estimate of drug-likeness (QED) is 0.789. The summed E-state index contributed by atoms with van der Waals surface area (Å²) in [7, 11) is 0. The van der Waals surface area contributed by atoms with Crippen molar-refractivity contribution in [3.63, 3.8) is 0 Å². The zero-order valence-electron chi connectivity index (χ0n) is 11.3. The summed E-state index contributed by atoms with van der Waals surface area (Å²) in [5.41, 5.74) is 1.94. The Labute approximate surface area is 121 Å². The summed E-state index contributed by atoms with van der Waals surface area (Å²) >= 11 is 1.39. The standard InChI is InChI=1S/C14H14N4OS/c1-9(2)12-8-20-14(16-12)13(19)6-5-10-3-4-11(7-15)18-17-10/h3-4,8-9H,5-6H2,1-2H3. The number of nitrogens with zero attached hydrogens (tertiary/aromatic N) is 4. The van der Waals surface area contributed by atoms with Crippen molar-refractivity contribution >= 4 is 17.1 Å². The second-order valence-electron chi connectivity index (χ2n) is 4.68. The number of hydrogen-bond donors (Lipinski definition) is 0. The van der Waals surface area contributed by atoms with E-state index in [4.69, 9.17) is 5.26 Å². The molecular weight excluding hydrogens is 272 g/mol. The molecule has 0 radical (unpaired) electrons. The molecule has 0 amide bonds. The van der Waals surface area contributed by atoms with Crippen LogP contribution in [0.15, 0.2) is 17.5 Å². The molecule has 0 fully saturated rings. The maximum absolute atomic E-state index is 12.0. The van der Waals surface area contributed by atoms with Crippen LogP contribution in [0.4, 0.5) is 0 Å². The van der Waals surface area contributed by atoms with Gasteiger partial charge in [0.2, 0.25) is 0 Å². The highest BCUT2D eigenvalue weighted by molar-refractivity contribution is 7.11. The second-order valence-corrected chi connectivity index (χ2v) is 5.54. The number of carbonyl (C=O) groups is 1. The van der Waals surface area contributed by atoms with Gasteiger partial charge in [0.15, 0.2) is 16.5 Å². The summed E-state index contributed by atoms with van der Waals surface area (Å²) in [6, 6.07) is 5.24. The maximum atomic E-state index is 12.0. The normalized spacial score (nSPS) is 10.5. The highest BCUT2D eigenvalue weighted by Crippen LogP contribution is 2.19. The molecular formula is C14H14N4OS. The molecule has 0 spiro atoms. The van der Waals surface area contributed by atoms with Crippen molar-refractivity contribution < 1.29 is 4.79 Å². The number of carbonyl (C=O) groups excluding carboxylic acids is 1. The van der Waals surface area contributed by atoms with Crippen LogP contribution in [0.2, 0.25) is 0 Å². The summed E-state index contributed by atoms with van der Waals surface area (Å²) in [4.78, 5) is 16.4. The molecule has 0 aliphatic rings. The van der Waals surface area contributed by atoms with Crippen LogP contribution in [-0.4, -0.2) is 21.0 Å². The average Bonchev–Trinajstić information content (AvgIpc) is 2.95. The van der Waals surface area contributed by atoms with Crippen LogP contribution in [0.1, 0.15) is 53.1 Å². The highest BCUT2D eigenvalue weighted by atomic mass is 32.1. The van der Waals surface area contributed by atoms with Crippen molar-refractivity contribution in [2.45, 2.75) is 32.6 Å². The van der Waals surface area contributed by atoms with Gasteiger partial charge in [-0.3, -0.25) is 4.79 Å². The van der Waals surface area contributed by atoms with Crippen molar-refractivity contribution in [1.82, 2.24) is 15.2 Å². The van der Waals surface area contributed by atoms with E-state index in [1.807, 2.05) is 11.4 Å². The Morgan fingerprint density at radius 1 is 1.40 bits per heavy atom. The van der Waals surface area contributed by atoms with Gasteiger partial charge in [0, 0.05) is 11.8 Å². The number of aryl methyl sites for hydroxylation is 1. The Bertz CT molecular complexity index is 640. The second kappa shape index (κ2) is 6.35. The Kier molecular flexibility index (Phi) is 4.53. The van der Waals surface area contributed by atoms with Crippen LogP contribution < -0.4 is 0 Å². The van der Waals surface area contributed by atoms with E-state index in [0.717, 1.165) is 5.69 Å². The van der Waals surface area contributed by atoms with Gasteiger partial charge in [-0.25, -0.2) is 4.98 Å². The fourth-order valence-corrected chi connectivity index (χ4v) is 2.53. The van der Waals surface area contributed by atoms with E-state index in [9.17, 15) is 4.79 Å². The van der Waals surface area contributed by atoms with Crippen LogP contribution >= 0.6 is 11.3 Å². The van der Waals surface area contributed by atoms with Gasteiger partial charge in [-0.15, -0.1) is 16.4 Å². The van der Waals surface area contributed by atoms with Gasteiger partial charge in [0.25, 0.3) is 0 Å². The van der Waals surface area contributed by atoms with E-state index in [2.05, 4.69) is 29.0 Å². The van der Waals surface area contributed by atoms with Crippen LogP contribution in [0.25, 0.3) is 0 Å². The predicted octanol–water partition coefficient (Wildman–Crippen LogP) is 2.74. The highest BCUT2D eigenvalue weighted by Gasteiger charge is 2.13. The molecule has 0 aliphatic heterocycles. The van der Waals surface area contributed by atoms with Gasteiger partial charge in [-0.05, 0) is 24.5 Å². The monoisotopic (exact) mass is 286 g/mol. The fraction of sp³-hybridized carbons (Fsp3) is 0.357. The Balaban J connectivity index is 1.95. The molecule has 0 aliphatic carbocycles. The molecule has 20 heavy (non-hydrogen) atoms. The van der Waals surface area contributed by atoms with Crippen LogP contribution in [0, 0.1) is 11.3 Å². The molecule has 2 rings (SSSR count). The molecule has 2 aromatic rings. The molecule has 0 bridgehead atoms. The first-order valence-electron chi connectivity index (χ1n) is 6.31. The van der Waals surface area contributed by atoms with Crippen molar-refractivity contribution in [3.8, 4) is 6.07 Å². The number of Topliss-reactive ketones (excluding diaryl/α,β-unsaturated/α-hetero) is 1. The summed E-state index contributed by atoms with van der Waals surface area (Å²) in [5.74, 6) is 0.352. The van der Waals surface area contributed by atoms with Crippen molar-refractivity contribution in [1.29, 1.82) is 5.26 Å². The Hall–Kier alpha value is -2.13. The molecule has 0 saturated heterocycles. The van der Waals surface area contributed by atoms with Gasteiger partial charge >= 0.3 is 0 Å². The van der Waals surface area contributed by atoms with Crippen molar-refractivity contribution in [2.75, 3.05) is 0 Å². The number of thiazole rings is 1. The minimum Gasteiger partial charge on any atom is -0.292 e. The SMILES string of the molecule is CC(C)c1csc(C(=O)CCc2ccc(C#N)nn2)n1. The topological polar surface area (TPSA) is 79.5 Å². The van der Waals surface area contributed by atoms with E-state index >= 15 is 0 Å². The zero-order valence-corrected chi connectivity index (χ0v) is 12.1. The molecule has 6 heteroatoms. The van der Waals surface area contributed by atoms with E-state index < -0.39 is 0 Å². The molecule has 2 heterocycles. The van der Waals surface area contributed by atoms with Gasteiger partial charge in [-0.2, -0.15) is 10.4 Å². The molecule has 0 saturated carbocycles.